The van der Waals surface area contributed by atoms with Gasteiger partial charge in [0, 0.05) is 38.4 Å². The molecule has 29 heavy (non-hydrogen) atoms. The van der Waals surface area contributed by atoms with Crippen LogP contribution in [0.25, 0.3) is 0 Å². The number of hydrogen-bond acceptors (Lipinski definition) is 4. The van der Waals surface area contributed by atoms with E-state index in [-0.39, 0.29) is 5.91 Å². The molecule has 1 heterocycles. The Hall–Kier alpha value is -2.12. The van der Waals surface area contributed by atoms with E-state index >= 15 is 0 Å². The molecule has 1 aliphatic heterocycles. The monoisotopic (exact) mass is 402 g/mol. The number of likely N-dealkylation sites (tertiary alicyclic amines) is 1. The summed E-state index contributed by atoms with van der Waals surface area (Å²) in [6.45, 7) is 6.45. The number of hydrogen-bond donors (Lipinski definition) is 3. The summed E-state index contributed by atoms with van der Waals surface area (Å²) in [5.41, 5.74) is 1.91. The van der Waals surface area contributed by atoms with Crippen molar-refractivity contribution in [2.24, 2.45) is 4.99 Å². The zero-order valence-electron chi connectivity index (χ0n) is 18.5. The van der Waals surface area contributed by atoms with Gasteiger partial charge in [-0.2, -0.15) is 0 Å². The first-order chi connectivity index (χ1) is 14.0. The minimum atomic E-state index is -0.0133. The minimum absolute atomic E-state index is 0.0133. The molecular weight excluding hydrogens is 364 g/mol. The summed E-state index contributed by atoms with van der Waals surface area (Å²) in [6, 6.07) is 8.63. The standard InChI is InChI=1S/C22H38N6O/c1-5-20-11-6-7-13-28(20)14-12-24-22(23-2)25-16-18-9-8-10-19(15-18)26-21(29)17-27(3)4/h8-10,15,20H,5-7,11-14,16-17H2,1-4H3,(H,26,29)(H2,23,24,25). The highest BCUT2D eigenvalue weighted by atomic mass is 16.2. The number of guanidine groups is 1. The number of carbonyl (C=O) groups excluding carboxylic acids is 1. The van der Waals surface area contributed by atoms with E-state index in [0.717, 1.165) is 36.3 Å². The van der Waals surface area contributed by atoms with Crippen molar-refractivity contribution < 1.29 is 4.79 Å². The highest BCUT2D eigenvalue weighted by molar-refractivity contribution is 5.92. The Morgan fingerprint density at radius 2 is 2.10 bits per heavy atom. The number of carbonyl (C=O) groups is 1. The van der Waals surface area contributed by atoms with Crippen LogP contribution in [0.3, 0.4) is 0 Å². The molecule has 1 saturated heterocycles. The van der Waals surface area contributed by atoms with E-state index in [9.17, 15) is 4.79 Å². The zero-order chi connectivity index (χ0) is 21.1. The molecule has 0 saturated carbocycles. The van der Waals surface area contributed by atoms with Crippen LogP contribution in [0.1, 0.15) is 38.2 Å². The van der Waals surface area contributed by atoms with E-state index in [4.69, 9.17) is 0 Å². The third-order valence-corrected chi connectivity index (χ3v) is 5.27. The summed E-state index contributed by atoms with van der Waals surface area (Å²) < 4.78 is 0. The molecule has 1 atom stereocenters. The van der Waals surface area contributed by atoms with Crippen LogP contribution in [0.2, 0.25) is 0 Å². The molecule has 0 aromatic heterocycles. The van der Waals surface area contributed by atoms with Gasteiger partial charge in [0.2, 0.25) is 5.91 Å². The predicted octanol–water partition coefficient (Wildman–Crippen LogP) is 2.12. The normalized spacial score (nSPS) is 18.0. The number of anilines is 1. The zero-order valence-corrected chi connectivity index (χ0v) is 18.5. The van der Waals surface area contributed by atoms with Gasteiger partial charge in [0.1, 0.15) is 0 Å². The Labute approximate surface area is 175 Å². The Morgan fingerprint density at radius 1 is 1.28 bits per heavy atom. The summed E-state index contributed by atoms with van der Waals surface area (Å²) in [7, 11) is 5.56. The van der Waals surface area contributed by atoms with E-state index in [1.165, 1.54) is 32.2 Å². The fourth-order valence-electron chi connectivity index (χ4n) is 3.79. The highest BCUT2D eigenvalue weighted by Crippen LogP contribution is 2.18. The van der Waals surface area contributed by atoms with Crippen molar-refractivity contribution >= 4 is 17.6 Å². The van der Waals surface area contributed by atoms with Gasteiger partial charge < -0.3 is 20.9 Å². The van der Waals surface area contributed by atoms with E-state index < -0.39 is 0 Å². The van der Waals surface area contributed by atoms with Crippen molar-refractivity contribution in [2.75, 3.05) is 52.6 Å². The molecule has 0 bridgehead atoms. The molecule has 1 fully saturated rings. The smallest absolute Gasteiger partial charge is 0.238 e. The number of amides is 1. The van der Waals surface area contributed by atoms with Crippen LogP contribution in [-0.4, -0.2) is 75.0 Å². The molecule has 0 spiro atoms. The number of piperidine rings is 1. The Kier molecular flexibility index (Phi) is 9.94. The molecule has 162 valence electrons. The van der Waals surface area contributed by atoms with Gasteiger partial charge in [-0.15, -0.1) is 0 Å². The fraction of sp³-hybridized carbons (Fsp3) is 0.636. The Balaban J connectivity index is 1.77. The van der Waals surface area contributed by atoms with Crippen LogP contribution in [0, 0.1) is 0 Å². The lowest BCUT2D eigenvalue weighted by Crippen LogP contribution is -2.45. The third kappa shape index (κ3) is 8.41. The maximum Gasteiger partial charge on any atom is 0.238 e. The predicted molar refractivity (Wildman–Crippen MR) is 121 cm³/mol. The van der Waals surface area contributed by atoms with Crippen molar-refractivity contribution in [1.82, 2.24) is 20.4 Å². The van der Waals surface area contributed by atoms with Gasteiger partial charge in [-0.05, 0) is 57.6 Å². The molecule has 7 nitrogen and oxygen atoms in total. The van der Waals surface area contributed by atoms with Gasteiger partial charge in [0.15, 0.2) is 5.96 Å². The number of nitrogens with one attached hydrogen (secondary N) is 3. The topological polar surface area (TPSA) is 72.0 Å². The van der Waals surface area contributed by atoms with Crippen LogP contribution < -0.4 is 16.0 Å². The van der Waals surface area contributed by atoms with Crippen LogP contribution in [0.5, 0.6) is 0 Å². The van der Waals surface area contributed by atoms with Crippen molar-refractivity contribution in [3.05, 3.63) is 29.8 Å². The number of aliphatic imine (C=N–C) groups is 1. The Morgan fingerprint density at radius 3 is 2.83 bits per heavy atom. The molecule has 1 unspecified atom stereocenters. The van der Waals surface area contributed by atoms with Gasteiger partial charge in [0.25, 0.3) is 0 Å². The Bertz CT molecular complexity index is 660. The molecule has 1 aromatic carbocycles. The SMILES string of the molecule is CCC1CCCCN1CCNC(=NC)NCc1cccc(NC(=O)CN(C)C)c1. The molecule has 1 aliphatic rings. The van der Waals surface area contributed by atoms with E-state index in [2.05, 4.69) is 32.8 Å². The first kappa shape index (κ1) is 23.2. The average molecular weight is 403 g/mol. The molecular formula is C22H38N6O. The molecule has 0 radical (unpaired) electrons. The average Bonchev–Trinajstić information content (AvgIpc) is 2.70. The quantitative estimate of drug-likeness (QED) is 0.436. The lowest BCUT2D eigenvalue weighted by Gasteiger charge is -2.35. The minimum Gasteiger partial charge on any atom is -0.355 e. The van der Waals surface area contributed by atoms with Crippen molar-refractivity contribution in [3.8, 4) is 0 Å². The second-order valence-electron chi connectivity index (χ2n) is 7.93. The van der Waals surface area contributed by atoms with Crippen molar-refractivity contribution in [2.45, 2.75) is 45.2 Å². The van der Waals surface area contributed by atoms with Crippen molar-refractivity contribution in [3.63, 3.8) is 0 Å². The number of nitrogens with zero attached hydrogens (tertiary/aromatic N) is 3. The van der Waals surface area contributed by atoms with E-state index in [1.807, 2.05) is 43.3 Å². The lowest BCUT2D eigenvalue weighted by atomic mass is 10.0. The molecule has 2 rings (SSSR count). The first-order valence-electron chi connectivity index (χ1n) is 10.7. The lowest BCUT2D eigenvalue weighted by molar-refractivity contribution is -0.116. The largest absolute Gasteiger partial charge is 0.355 e. The van der Waals surface area contributed by atoms with Crippen LogP contribution in [-0.2, 0) is 11.3 Å². The number of benzene rings is 1. The molecule has 1 aromatic rings. The summed E-state index contributed by atoms with van der Waals surface area (Å²) in [5, 5.41) is 9.72. The highest BCUT2D eigenvalue weighted by Gasteiger charge is 2.19. The van der Waals surface area contributed by atoms with E-state index in [1.54, 1.807) is 7.05 Å². The first-order valence-corrected chi connectivity index (χ1v) is 10.7. The molecule has 1 amide bonds. The van der Waals surface area contributed by atoms with Gasteiger partial charge in [-0.25, -0.2) is 0 Å². The third-order valence-electron chi connectivity index (χ3n) is 5.27. The van der Waals surface area contributed by atoms with Crippen LogP contribution >= 0.6 is 0 Å². The second kappa shape index (κ2) is 12.4. The van der Waals surface area contributed by atoms with Gasteiger partial charge in [-0.3, -0.25) is 14.7 Å². The maximum absolute atomic E-state index is 11.9. The number of rotatable bonds is 9. The summed E-state index contributed by atoms with van der Waals surface area (Å²) in [4.78, 5) is 20.7. The number of likely N-dealkylation sites (N-methyl/N-ethyl adjacent to an activating group) is 1. The summed E-state index contributed by atoms with van der Waals surface area (Å²) in [6.07, 6.45) is 5.23. The van der Waals surface area contributed by atoms with Gasteiger partial charge >= 0.3 is 0 Å². The maximum atomic E-state index is 11.9. The van der Waals surface area contributed by atoms with Crippen molar-refractivity contribution in [1.29, 1.82) is 0 Å². The second-order valence-corrected chi connectivity index (χ2v) is 7.93. The van der Waals surface area contributed by atoms with E-state index in [0.29, 0.717) is 13.1 Å². The molecule has 7 heteroatoms. The van der Waals surface area contributed by atoms with Crippen LogP contribution in [0.4, 0.5) is 5.69 Å². The molecule has 3 N–H and O–H groups in total. The van der Waals surface area contributed by atoms with Crippen LogP contribution in [0.15, 0.2) is 29.3 Å². The summed E-state index contributed by atoms with van der Waals surface area (Å²) in [5.74, 6) is 0.790. The summed E-state index contributed by atoms with van der Waals surface area (Å²) >= 11 is 0. The fourth-order valence-corrected chi connectivity index (χ4v) is 3.79. The van der Waals surface area contributed by atoms with Gasteiger partial charge in [-0.1, -0.05) is 25.5 Å². The molecule has 0 aliphatic carbocycles. The van der Waals surface area contributed by atoms with Gasteiger partial charge in [0.05, 0.1) is 6.54 Å².